The number of ether oxygens (including phenoxy) is 1. The Hall–Kier alpha value is -2.64. The zero-order valence-corrected chi connectivity index (χ0v) is 17.8. The summed E-state index contributed by atoms with van der Waals surface area (Å²) in [5.41, 5.74) is 1.23. The van der Waals surface area contributed by atoms with E-state index in [-0.39, 0.29) is 23.5 Å². The van der Waals surface area contributed by atoms with Crippen LogP contribution in [0.15, 0.2) is 41.2 Å². The maximum Gasteiger partial charge on any atom is 0.341 e. The molecule has 3 aromatic rings. The van der Waals surface area contributed by atoms with Gasteiger partial charge in [-0.15, -0.1) is 11.3 Å². The Kier molecular flexibility index (Phi) is 6.20. The SMILES string of the molecule is CCc1cc2c(s1)c(C(=O)O)c(OCc1ccccc1)c(=O)n2CC1CCNCC1. The van der Waals surface area contributed by atoms with Crippen LogP contribution in [0.5, 0.6) is 5.75 Å². The monoisotopic (exact) mass is 426 g/mol. The molecule has 6 nitrogen and oxygen atoms in total. The van der Waals surface area contributed by atoms with Gasteiger partial charge in [0, 0.05) is 11.4 Å². The summed E-state index contributed by atoms with van der Waals surface area (Å²) in [4.78, 5) is 26.7. The van der Waals surface area contributed by atoms with Crippen LogP contribution >= 0.6 is 11.3 Å². The number of pyridine rings is 1. The first-order valence-electron chi connectivity index (χ1n) is 10.4. The molecule has 1 aromatic carbocycles. The van der Waals surface area contributed by atoms with Crippen LogP contribution in [0.3, 0.4) is 0 Å². The molecular formula is C23H26N2O4S. The first kappa shape index (κ1) is 20.6. The first-order valence-corrected chi connectivity index (χ1v) is 11.2. The number of aromatic nitrogens is 1. The first-order chi connectivity index (χ1) is 14.6. The molecule has 2 aromatic heterocycles. The van der Waals surface area contributed by atoms with Gasteiger partial charge >= 0.3 is 5.97 Å². The maximum atomic E-state index is 13.5. The minimum absolute atomic E-state index is 0.0165. The van der Waals surface area contributed by atoms with Crippen LogP contribution < -0.4 is 15.6 Å². The highest BCUT2D eigenvalue weighted by Crippen LogP contribution is 2.34. The van der Waals surface area contributed by atoms with E-state index in [1.807, 2.05) is 43.3 Å². The molecule has 1 aliphatic rings. The van der Waals surface area contributed by atoms with E-state index >= 15 is 0 Å². The van der Waals surface area contributed by atoms with Gasteiger partial charge < -0.3 is 19.7 Å². The normalized spacial score (nSPS) is 14.8. The van der Waals surface area contributed by atoms with Gasteiger partial charge in [0.15, 0.2) is 0 Å². The smallest absolute Gasteiger partial charge is 0.341 e. The minimum Gasteiger partial charge on any atom is -0.482 e. The van der Waals surface area contributed by atoms with Crippen molar-refractivity contribution in [1.82, 2.24) is 9.88 Å². The molecular weight excluding hydrogens is 400 g/mol. The predicted octanol–water partition coefficient (Wildman–Crippen LogP) is 3.90. The Labute approximate surface area is 179 Å². The highest BCUT2D eigenvalue weighted by atomic mass is 32.1. The van der Waals surface area contributed by atoms with Crippen molar-refractivity contribution < 1.29 is 14.6 Å². The number of aromatic carboxylic acids is 1. The third-order valence-electron chi connectivity index (χ3n) is 5.64. The lowest BCUT2D eigenvalue weighted by Crippen LogP contribution is -2.33. The van der Waals surface area contributed by atoms with E-state index in [4.69, 9.17) is 4.74 Å². The second-order valence-corrected chi connectivity index (χ2v) is 8.81. The van der Waals surface area contributed by atoms with Gasteiger partial charge in [-0.05, 0) is 49.9 Å². The van der Waals surface area contributed by atoms with Crippen LogP contribution in [0.2, 0.25) is 0 Å². The lowest BCUT2D eigenvalue weighted by atomic mass is 9.98. The number of thiophene rings is 1. The molecule has 4 rings (SSSR count). The summed E-state index contributed by atoms with van der Waals surface area (Å²) in [7, 11) is 0. The number of rotatable bonds is 7. The van der Waals surface area contributed by atoms with Gasteiger partial charge in [0.05, 0.1) is 10.2 Å². The summed E-state index contributed by atoms with van der Waals surface area (Å²) >= 11 is 1.44. The molecule has 0 aliphatic carbocycles. The number of benzene rings is 1. The number of hydrogen-bond donors (Lipinski definition) is 2. The van der Waals surface area contributed by atoms with Gasteiger partial charge in [-0.3, -0.25) is 4.79 Å². The van der Waals surface area contributed by atoms with E-state index in [9.17, 15) is 14.7 Å². The lowest BCUT2D eigenvalue weighted by Gasteiger charge is -2.24. The topological polar surface area (TPSA) is 80.6 Å². The van der Waals surface area contributed by atoms with Crippen LogP contribution in [0.25, 0.3) is 10.2 Å². The number of fused-ring (bicyclic) bond motifs is 1. The van der Waals surface area contributed by atoms with Crippen molar-refractivity contribution >= 4 is 27.5 Å². The molecule has 1 aliphatic heterocycles. The fraction of sp³-hybridized carbons (Fsp3) is 0.391. The van der Waals surface area contributed by atoms with Crippen molar-refractivity contribution in [2.45, 2.75) is 39.3 Å². The zero-order valence-electron chi connectivity index (χ0n) is 17.0. The van der Waals surface area contributed by atoms with Gasteiger partial charge in [0.25, 0.3) is 5.56 Å². The number of carboxylic acids is 1. The van der Waals surface area contributed by atoms with Gasteiger partial charge in [0.2, 0.25) is 5.75 Å². The van der Waals surface area contributed by atoms with Crippen molar-refractivity contribution in [2.75, 3.05) is 13.1 Å². The third-order valence-corrected chi connectivity index (χ3v) is 6.92. The molecule has 0 amide bonds. The molecule has 0 spiro atoms. The van der Waals surface area contributed by atoms with Gasteiger partial charge in [-0.2, -0.15) is 0 Å². The Balaban J connectivity index is 1.83. The van der Waals surface area contributed by atoms with Crippen LogP contribution in [-0.4, -0.2) is 28.7 Å². The molecule has 158 valence electrons. The molecule has 2 N–H and O–H groups in total. The zero-order chi connectivity index (χ0) is 21.1. The van der Waals surface area contributed by atoms with E-state index in [0.717, 1.165) is 42.8 Å². The van der Waals surface area contributed by atoms with E-state index < -0.39 is 5.97 Å². The van der Waals surface area contributed by atoms with Crippen molar-refractivity contribution in [3.63, 3.8) is 0 Å². The van der Waals surface area contributed by atoms with Crippen molar-refractivity contribution in [3.8, 4) is 5.75 Å². The second-order valence-electron chi connectivity index (χ2n) is 7.67. The molecule has 1 fully saturated rings. The molecule has 1 saturated heterocycles. The van der Waals surface area contributed by atoms with Gasteiger partial charge in [0.1, 0.15) is 12.2 Å². The van der Waals surface area contributed by atoms with E-state index in [1.54, 1.807) is 4.57 Å². The molecule has 3 heterocycles. The summed E-state index contributed by atoms with van der Waals surface area (Å²) in [6, 6.07) is 11.4. The molecule has 0 radical (unpaired) electrons. The summed E-state index contributed by atoms with van der Waals surface area (Å²) in [5.74, 6) is -0.800. The van der Waals surface area contributed by atoms with E-state index in [1.165, 1.54) is 11.3 Å². The van der Waals surface area contributed by atoms with Gasteiger partial charge in [-0.1, -0.05) is 37.3 Å². The predicted molar refractivity (Wildman–Crippen MR) is 119 cm³/mol. The number of piperidine rings is 1. The molecule has 7 heteroatoms. The Morgan fingerprint density at radius 3 is 2.67 bits per heavy atom. The van der Waals surface area contributed by atoms with Crippen LogP contribution in [0.1, 0.15) is 40.6 Å². The Morgan fingerprint density at radius 1 is 1.27 bits per heavy atom. The van der Waals surface area contributed by atoms with Crippen LogP contribution in [0, 0.1) is 5.92 Å². The quantitative estimate of drug-likeness (QED) is 0.599. The second kappa shape index (κ2) is 9.02. The minimum atomic E-state index is -1.13. The summed E-state index contributed by atoms with van der Waals surface area (Å²) in [6.07, 6.45) is 2.79. The largest absolute Gasteiger partial charge is 0.482 e. The van der Waals surface area contributed by atoms with Crippen molar-refractivity contribution in [3.05, 3.63) is 62.8 Å². The standard InChI is InChI=1S/C23H26N2O4S/c1-2-17-12-18-21(30-17)19(23(27)28)20(29-14-16-6-4-3-5-7-16)22(26)25(18)13-15-8-10-24-11-9-15/h3-7,12,15,24H,2,8-11,13-14H2,1H3,(H,27,28). The number of carboxylic acid groups (broad SMARTS) is 1. The Morgan fingerprint density at radius 2 is 2.00 bits per heavy atom. The fourth-order valence-electron chi connectivity index (χ4n) is 3.99. The number of aryl methyl sites for hydroxylation is 1. The van der Waals surface area contributed by atoms with E-state index in [0.29, 0.717) is 22.7 Å². The molecule has 0 bridgehead atoms. The molecule has 0 atom stereocenters. The molecule has 0 saturated carbocycles. The van der Waals surface area contributed by atoms with Gasteiger partial charge in [-0.25, -0.2) is 4.79 Å². The summed E-state index contributed by atoms with van der Waals surface area (Å²) < 4.78 is 8.24. The third kappa shape index (κ3) is 4.13. The highest BCUT2D eigenvalue weighted by Gasteiger charge is 2.26. The maximum absolute atomic E-state index is 13.5. The van der Waals surface area contributed by atoms with Crippen LogP contribution in [-0.2, 0) is 19.6 Å². The Bertz CT molecular complexity index is 1100. The summed E-state index contributed by atoms with van der Waals surface area (Å²) in [5, 5.41) is 13.3. The fourth-order valence-corrected chi connectivity index (χ4v) is 5.12. The summed E-state index contributed by atoms with van der Waals surface area (Å²) in [6.45, 7) is 4.65. The van der Waals surface area contributed by atoms with Crippen molar-refractivity contribution in [2.24, 2.45) is 5.92 Å². The number of nitrogens with zero attached hydrogens (tertiary/aromatic N) is 1. The number of hydrogen-bond acceptors (Lipinski definition) is 5. The van der Waals surface area contributed by atoms with Crippen molar-refractivity contribution in [1.29, 1.82) is 0 Å². The average molecular weight is 427 g/mol. The van der Waals surface area contributed by atoms with Crippen LogP contribution in [0.4, 0.5) is 0 Å². The average Bonchev–Trinajstić information content (AvgIpc) is 3.19. The van der Waals surface area contributed by atoms with E-state index in [2.05, 4.69) is 5.32 Å². The molecule has 30 heavy (non-hydrogen) atoms. The lowest BCUT2D eigenvalue weighted by molar-refractivity contribution is 0.0693. The molecule has 0 unspecified atom stereocenters. The highest BCUT2D eigenvalue weighted by molar-refractivity contribution is 7.19. The number of nitrogens with one attached hydrogen (secondary N) is 1. The number of carbonyl (C=O) groups is 1.